The Morgan fingerprint density at radius 2 is 1.77 bits per heavy atom. The quantitative estimate of drug-likeness (QED) is 0.822. The summed E-state index contributed by atoms with van der Waals surface area (Å²) in [5, 5.41) is 6.80. The molecule has 0 unspecified atom stereocenters. The third-order valence-electron chi connectivity index (χ3n) is 5.61. The van der Waals surface area contributed by atoms with Gasteiger partial charge in [-0.1, -0.05) is 36.9 Å². The summed E-state index contributed by atoms with van der Waals surface area (Å²) in [4.78, 5) is 26.8. The molecular weight excluding hydrogens is 350 g/mol. The summed E-state index contributed by atoms with van der Waals surface area (Å²) in [7, 11) is 0. The van der Waals surface area contributed by atoms with Gasteiger partial charge >= 0.3 is 6.03 Å². The predicted molar refractivity (Wildman–Crippen MR) is 105 cm³/mol. The monoisotopic (exact) mass is 377 g/mol. The van der Waals surface area contributed by atoms with E-state index >= 15 is 0 Å². The highest BCUT2D eigenvalue weighted by atomic mass is 35.5. The van der Waals surface area contributed by atoms with Crippen molar-refractivity contribution in [3.63, 3.8) is 0 Å². The van der Waals surface area contributed by atoms with Gasteiger partial charge in [0, 0.05) is 35.8 Å². The molecule has 0 spiro atoms. The zero-order valence-corrected chi connectivity index (χ0v) is 16.1. The number of urea groups is 1. The van der Waals surface area contributed by atoms with Gasteiger partial charge in [-0.2, -0.15) is 0 Å². The van der Waals surface area contributed by atoms with Gasteiger partial charge < -0.3 is 15.5 Å². The van der Waals surface area contributed by atoms with Gasteiger partial charge in [0.25, 0.3) is 0 Å². The molecule has 6 heteroatoms. The average Bonchev–Trinajstić information content (AvgIpc) is 2.66. The largest absolute Gasteiger partial charge is 0.335 e. The molecule has 26 heavy (non-hydrogen) atoms. The van der Waals surface area contributed by atoms with E-state index in [1.807, 2.05) is 30.0 Å². The molecular formula is C20H28ClN3O2. The molecule has 2 fully saturated rings. The van der Waals surface area contributed by atoms with E-state index < -0.39 is 0 Å². The van der Waals surface area contributed by atoms with Crippen LogP contribution in [0.1, 0.15) is 50.5 Å². The Morgan fingerprint density at radius 1 is 1.08 bits per heavy atom. The van der Waals surface area contributed by atoms with E-state index in [0.29, 0.717) is 37.0 Å². The smallest absolute Gasteiger partial charge is 0.317 e. The maximum Gasteiger partial charge on any atom is 0.317 e. The third kappa shape index (κ3) is 4.70. The molecule has 0 radical (unpaired) electrons. The number of benzene rings is 1. The summed E-state index contributed by atoms with van der Waals surface area (Å²) in [6.45, 7) is 3.16. The number of nitrogens with one attached hydrogen (secondary N) is 2. The van der Waals surface area contributed by atoms with Crippen molar-refractivity contribution in [1.82, 2.24) is 10.2 Å². The van der Waals surface area contributed by atoms with Gasteiger partial charge in [0.05, 0.1) is 0 Å². The highest BCUT2D eigenvalue weighted by Crippen LogP contribution is 2.25. The summed E-state index contributed by atoms with van der Waals surface area (Å²) in [6, 6.07) is 5.87. The van der Waals surface area contributed by atoms with E-state index in [4.69, 9.17) is 11.6 Å². The van der Waals surface area contributed by atoms with E-state index in [2.05, 4.69) is 10.6 Å². The number of carbonyl (C=O) groups excluding carboxylic acids is 2. The molecule has 1 aliphatic heterocycles. The fraction of sp³-hybridized carbons (Fsp3) is 0.600. The molecule has 0 atom stereocenters. The second kappa shape index (κ2) is 8.76. The van der Waals surface area contributed by atoms with Crippen molar-refractivity contribution in [3.05, 3.63) is 28.8 Å². The van der Waals surface area contributed by atoms with Gasteiger partial charge in [-0.15, -0.1) is 0 Å². The standard InChI is InChI=1S/C20H28ClN3O2/c1-14-17(21)8-5-9-18(14)23-19(25)15-10-12-24(13-11-15)20(26)22-16-6-3-2-4-7-16/h5,8-9,15-16H,2-4,6-7,10-13H2,1H3,(H,22,26)(H,23,25). The number of carbonyl (C=O) groups is 2. The molecule has 1 heterocycles. The Morgan fingerprint density at radius 3 is 2.46 bits per heavy atom. The lowest BCUT2D eigenvalue weighted by atomic mass is 9.95. The Balaban J connectivity index is 1.47. The van der Waals surface area contributed by atoms with Gasteiger partial charge in [0.15, 0.2) is 0 Å². The molecule has 1 saturated heterocycles. The maximum absolute atomic E-state index is 12.6. The fourth-order valence-corrected chi connectivity index (χ4v) is 4.01. The predicted octanol–water partition coefficient (Wildman–Crippen LogP) is 4.34. The molecule has 1 saturated carbocycles. The number of nitrogens with zero attached hydrogens (tertiary/aromatic N) is 1. The minimum Gasteiger partial charge on any atom is -0.335 e. The van der Waals surface area contributed by atoms with Gasteiger partial charge in [-0.25, -0.2) is 4.79 Å². The Labute approximate surface area is 160 Å². The number of anilines is 1. The number of piperidine rings is 1. The second-order valence-corrected chi connectivity index (χ2v) is 7.85. The van der Waals surface area contributed by atoms with E-state index in [1.54, 1.807) is 0 Å². The van der Waals surface area contributed by atoms with Crippen LogP contribution in [0.25, 0.3) is 0 Å². The molecule has 0 bridgehead atoms. The first-order valence-electron chi connectivity index (χ1n) is 9.66. The van der Waals surface area contributed by atoms with Crippen LogP contribution in [0, 0.1) is 12.8 Å². The topological polar surface area (TPSA) is 61.4 Å². The molecule has 3 amide bonds. The number of likely N-dealkylation sites (tertiary alicyclic amines) is 1. The number of amides is 3. The highest BCUT2D eigenvalue weighted by molar-refractivity contribution is 6.31. The van der Waals surface area contributed by atoms with Crippen molar-refractivity contribution in [3.8, 4) is 0 Å². The number of hydrogen-bond donors (Lipinski definition) is 2. The fourth-order valence-electron chi connectivity index (χ4n) is 3.84. The van der Waals surface area contributed by atoms with Crippen molar-refractivity contribution in [2.75, 3.05) is 18.4 Å². The van der Waals surface area contributed by atoms with E-state index in [9.17, 15) is 9.59 Å². The second-order valence-electron chi connectivity index (χ2n) is 7.45. The number of hydrogen-bond acceptors (Lipinski definition) is 2. The third-order valence-corrected chi connectivity index (χ3v) is 6.02. The molecule has 1 aromatic rings. The number of halogens is 1. The van der Waals surface area contributed by atoms with Crippen LogP contribution in [0.5, 0.6) is 0 Å². The summed E-state index contributed by atoms with van der Waals surface area (Å²) in [6.07, 6.45) is 7.26. The minimum atomic E-state index is -0.0629. The van der Waals surface area contributed by atoms with Crippen LogP contribution in [0.2, 0.25) is 5.02 Å². The molecule has 2 N–H and O–H groups in total. The Bertz CT molecular complexity index is 650. The van der Waals surface area contributed by atoms with Crippen molar-refractivity contribution in [2.45, 2.75) is 57.9 Å². The Hall–Kier alpha value is -1.75. The SMILES string of the molecule is Cc1c(Cl)cccc1NC(=O)C1CCN(C(=O)NC2CCCCC2)CC1. The lowest BCUT2D eigenvalue weighted by molar-refractivity contribution is -0.121. The Kier molecular flexibility index (Phi) is 6.41. The van der Waals surface area contributed by atoms with Gasteiger partial charge in [0.2, 0.25) is 5.91 Å². The average molecular weight is 378 g/mol. The van der Waals surface area contributed by atoms with Crippen molar-refractivity contribution in [1.29, 1.82) is 0 Å². The van der Waals surface area contributed by atoms with Crippen molar-refractivity contribution >= 4 is 29.2 Å². The molecule has 1 aliphatic carbocycles. The van der Waals surface area contributed by atoms with E-state index in [-0.39, 0.29) is 17.9 Å². The molecule has 1 aromatic carbocycles. The van der Waals surface area contributed by atoms with Gasteiger partial charge in [0.1, 0.15) is 0 Å². The molecule has 142 valence electrons. The maximum atomic E-state index is 12.6. The van der Waals surface area contributed by atoms with Crippen LogP contribution in [-0.4, -0.2) is 36.0 Å². The van der Waals surface area contributed by atoms with Crippen LogP contribution in [0.4, 0.5) is 10.5 Å². The zero-order chi connectivity index (χ0) is 18.5. The van der Waals surface area contributed by atoms with Crippen LogP contribution >= 0.6 is 11.6 Å². The van der Waals surface area contributed by atoms with Crippen LogP contribution in [-0.2, 0) is 4.79 Å². The van der Waals surface area contributed by atoms with E-state index in [0.717, 1.165) is 24.1 Å². The van der Waals surface area contributed by atoms with Crippen molar-refractivity contribution in [2.24, 2.45) is 5.92 Å². The van der Waals surface area contributed by atoms with Gasteiger partial charge in [-0.05, 0) is 50.3 Å². The highest BCUT2D eigenvalue weighted by Gasteiger charge is 2.28. The molecule has 2 aliphatic rings. The summed E-state index contributed by atoms with van der Waals surface area (Å²) in [5.74, 6) is -0.0465. The molecule has 0 aromatic heterocycles. The summed E-state index contributed by atoms with van der Waals surface area (Å²) in [5.41, 5.74) is 1.65. The summed E-state index contributed by atoms with van der Waals surface area (Å²) >= 11 is 6.11. The van der Waals surface area contributed by atoms with Crippen LogP contribution in [0.15, 0.2) is 18.2 Å². The van der Waals surface area contributed by atoms with Gasteiger partial charge in [-0.3, -0.25) is 4.79 Å². The zero-order valence-electron chi connectivity index (χ0n) is 15.4. The first-order chi connectivity index (χ1) is 12.5. The summed E-state index contributed by atoms with van der Waals surface area (Å²) < 4.78 is 0. The minimum absolute atomic E-state index is 0.0164. The lowest BCUT2D eigenvalue weighted by Crippen LogP contribution is -2.49. The first-order valence-corrected chi connectivity index (χ1v) is 10.0. The number of rotatable bonds is 3. The van der Waals surface area contributed by atoms with E-state index in [1.165, 1.54) is 19.3 Å². The first kappa shape index (κ1) is 19.0. The molecule has 3 rings (SSSR count). The van der Waals surface area contributed by atoms with Crippen LogP contribution < -0.4 is 10.6 Å². The lowest BCUT2D eigenvalue weighted by Gasteiger charge is -2.33. The van der Waals surface area contributed by atoms with Crippen molar-refractivity contribution < 1.29 is 9.59 Å². The normalized spacial score (nSPS) is 19.2. The molecule has 5 nitrogen and oxygen atoms in total. The van der Waals surface area contributed by atoms with Crippen LogP contribution in [0.3, 0.4) is 0 Å².